The number of carboxylic acids is 1. The van der Waals surface area contributed by atoms with E-state index in [1.165, 1.54) is 43.9 Å². The first-order valence-electron chi connectivity index (χ1n) is 7.87. The summed E-state index contributed by atoms with van der Waals surface area (Å²) in [7, 11) is 0. The number of hydrogen-bond acceptors (Lipinski definition) is 4. The van der Waals surface area contributed by atoms with Crippen molar-refractivity contribution in [2.75, 3.05) is 5.75 Å². The second-order valence-corrected chi connectivity index (χ2v) is 6.92. The molecule has 0 spiro atoms. The molecular weight excluding hydrogens is 286 g/mol. The summed E-state index contributed by atoms with van der Waals surface area (Å²) in [5, 5.41) is 18.2. The van der Waals surface area contributed by atoms with Crippen molar-refractivity contribution in [1.82, 2.24) is 14.8 Å². The van der Waals surface area contributed by atoms with Crippen molar-refractivity contribution >= 4 is 17.7 Å². The van der Waals surface area contributed by atoms with Crippen LogP contribution in [0, 0.1) is 5.41 Å². The van der Waals surface area contributed by atoms with Crippen LogP contribution in [0.25, 0.3) is 0 Å². The Labute approximate surface area is 130 Å². The van der Waals surface area contributed by atoms with Gasteiger partial charge in [0.15, 0.2) is 5.16 Å². The number of rotatable bonds is 8. The summed E-state index contributed by atoms with van der Waals surface area (Å²) in [6.45, 7) is 5.33. The van der Waals surface area contributed by atoms with Gasteiger partial charge in [0.1, 0.15) is 5.82 Å². The molecule has 1 aliphatic rings. The molecule has 1 aromatic rings. The molecule has 21 heavy (non-hydrogen) atoms. The third-order valence-corrected chi connectivity index (χ3v) is 5.45. The lowest BCUT2D eigenvalue weighted by molar-refractivity contribution is -0.133. The van der Waals surface area contributed by atoms with Crippen molar-refractivity contribution in [3.8, 4) is 0 Å². The molecule has 0 aromatic carbocycles. The van der Waals surface area contributed by atoms with Gasteiger partial charge in [0.05, 0.1) is 5.75 Å². The van der Waals surface area contributed by atoms with Gasteiger partial charge in [-0.3, -0.25) is 4.79 Å². The third kappa shape index (κ3) is 3.99. The highest BCUT2D eigenvalue weighted by molar-refractivity contribution is 7.99. The number of aliphatic carboxylic acids is 1. The summed E-state index contributed by atoms with van der Waals surface area (Å²) in [6, 6.07) is 0. The number of thioether (sulfide) groups is 1. The van der Waals surface area contributed by atoms with Crippen LogP contribution in [0.15, 0.2) is 5.16 Å². The Morgan fingerprint density at radius 2 is 2.05 bits per heavy atom. The average Bonchev–Trinajstić information content (AvgIpc) is 3.07. The first-order chi connectivity index (χ1) is 10.1. The fraction of sp³-hybridized carbons (Fsp3) is 0.800. The molecule has 1 aromatic heterocycles. The van der Waals surface area contributed by atoms with E-state index >= 15 is 0 Å². The minimum absolute atomic E-state index is 0.0450. The Morgan fingerprint density at radius 1 is 1.33 bits per heavy atom. The molecule has 1 aliphatic carbocycles. The zero-order valence-electron chi connectivity index (χ0n) is 13.0. The number of nitrogens with zero attached hydrogens (tertiary/aromatic N) is 3. The van der Waals surface area contributed by atoms with Gasteiger partial charge in [0, 0.05) is 13.0 Å². The van der Waals surface area contributed by atoms with Crippen molar-refractivity contribution in [3.05, 3.63) is 5.82 Å². The van der Waals surface area contributed by atoms with Crippen molar-refractivity contribution in [1.29, 1.82) is 0 Å². The topological polar surface area (TPSA) is 68.0 Å². The number of hydrogen-bond donors (Lipinski definition) is 1. The predicted octanol–water partition coefficient (Wildman–Crippen LogP) is 3.38. The maximum atomic E-state index is 10.8. The lowest BCUT2D eigenvalue weighted by Gasteiger charge is -2.29. The fourth-order valence-electron chi connectivity index (χ4n) is 3.20. The van der Waals surface area contributed by atoms with Gasteiger partial charge in [-0.1, -0.05) is 38.5 Å². The van der Waals surface area contributed by atoms with E-state index in [0.717, 1.165) is 30.4 Å². The Hall–Kier alpha value is -1.04. The zero-order valence-corrected chi connectivity index (χ0v) is 13.8. The van der Waals surface area contributed by atoms with Crippen LogP contribution in [0.5, 0.6) is 0 Å². The van der Waals surface area contributed by atoms with Gasteiger partial charge in [-0.15, -0.1) is 10.2 Å². The monoisotopic (exact) mass is 311 g/mol. The Bertz CT molecular complexity index is 481. The van der Waals surface area contributed by atoms with Crippen LogP contribution in [0.2, 0.25) is 0 Å². The minimum Gasteiger partial charge on any atom is -0.481 e. The van der Waals surface area contributed by atoms with Gasteiger partial charge in [-0.05, 0) is 31.1 Å². The highest BCUT2D eigenvalue weighted by Gasteiger charge is 2.34. The van der Waals surface area contributed by atoms with E-state index in [0.29, 0.717) is 5.41 Å². The van der Waals surface area contributed by atoms with Crippen LogP contribution in [0.4, 0.5) is 0 Å². The molecule has 1 saturated carbocycles. The smallest absolute Gasteiger partial charge is 0.313 e. The molecule has 0 unspecified atom stereocenters. The van der Waals surface area contributed by atoms with Crippen molar-refractivity contribution in [2.45, 2.75) is 70.5 Å². The van der Waals surface area contributed by atoms with Gasteiger partial charge in [0.25, 0.3) is 0 Å². The Morgan fingerprint density at radius 3 is 2.62 bits per heavy atom. The summed E-state index contributed by atoms with van der Waals surface area (Å²) >= 11 is 1.28. The number of aromatic nitrogens is 3. The molecule has 0 amide bonds. The predicted molar refractivity (Wildman–Crippen MR) is 83.6 cm³/mol. The van der Waals surface area contributed by atoms with Crippen LogP contribution in [-0.2, 0) is 17.8 Å². The second kappa shape index (κ2) is 7.29. The average molecular weight is 311 g/mol. The normalized spacial score (nSPS) is 17.2. The van der Waals surface area contributed by atoms with Crippen molar-refractivity contribution in [3.63, 3.8) is 0 Å². The van der Waals surface area contributed by atoms with E-state index in [1.807, 2.05) is 0 Å². The molecule has 1 heterocycles. The lowest BCUT2D eigenvalue weighted by atomic mass is 9.83. The molecule has 1 N–H and O–H groups in total. The summed E-state index contributed by atoms with van der Waals surface area (Å²) in [4.78, 5) is 10.8. The molecular formula is C15H25N3O2S. The van der Waals surface area contributed by atoms with Crippen molar-refractivity contribution < 1.29 is 9.90 Å². The maximum Gasteiger partial charge on any atom is 0.313 e. The van der Waals surface area contributed by atoms with E-state index in [9.17, 15) is 4.79 Å². The summed E-state index contributed by atoms with van der Waals surface area (Å²) in [5.74, 6) is 0.242. The maximum absolute atomic E-state index is 10.8. The minimum atomic E-state index is -0.808. The molecule has 6 heteroatoms. The van der Waals surface area contributed by atoms with Gasteiger partial charge < -0.3 is 9.67 Å². The highest BCUT2D eigenvalue weighted by atomic mass is 32.2. The highest BCUT2D eigenvalue weighted by Crippen LogP contribution is 2.43. The molecule has 0 saturated heterocycles. The van der Waals surface area contributed by atoms with Crippen LogP contribution in [0.1, 0.15) is 58.2 Å². The van der Waals surface area contributed by atoms with Crippen LogP contribution in [-0.4, -0.2) is 31.6 Å². The standard InChI is InChI=1S/C15H25N3O2S/c1-3-7-12-16-17-14(21-10-13(19)20)18(12)11-15(4-2)8-5-6-9-15/h3-11H2,1-2H3,(H,19,20). The molecule has 2 rings (SSSR count). The van der Waals surface area contributed by atoms with Gasteiger partial charge in [0.2, 0.25) is 0 Å². The molecule has 0 atom stereocenters. The van der Waals surface area contributed by atoms with E-state index in [-0.39, 0.29) is 5.75 Å². The third-order valence-electron chi connectivity index (χ3n) is 4.50. The largest absolute Gasteiger partial charge is 0.481 e. The van der Waals surface area contributed by atoms with E-state index in [2.05, 4.69) is 28.6 Å². The molecule has 118 valence electrons. The zero-order chi connectivity index (χ0) is 15.3. The first kappa shape index (κ1) is 16.3. The number of carboxylic acid groups (broad SMARTS) is 1. The first-order valence-corrected chi connectivity index (χ1v) is 8.85. The summed E-state index contributed by atoms with van der Waals surface area (Å²) in [6.07, 6.45) is 8.22. The molecule has 0 aliphatic heterocycles. The molecule has 1 fully saturated rings. The molecule has 0 radical (unpaired) electrons. The lowest BCUT2D eigenvalue weighted by Crippen LogP contribution is -2.24. The Kier molecular flexibility index (Phi) is 5.67. The summed E-state index contributed by atoms with van der Waals surface area (Å²) < 4.78 is 2.19. The fourth-order valence-corrected chi connectivity index (χ4v) is 3.88. The number of carbonyl (C=O) groups is 1. The number of aryl methyl sites for hydroxylation is 1. The van der Waals surface area contributed by atoms with E-state index < -0.39 is 5.97 Å². The Balaban J connectivity index is 2.21. The summed E-state index contributed by atoms with van der Waals surface area (Å²) in [5.41, 5.74) is 0.351. The van der Waals surface area contributed by atoms with Crippen LogP contribution in [0.3, 0.4) is 0 Å². The van der Waals surface area contributed by atoms with Gasteiger partial charge >= 0.3 is 5.97 Å². The van der Waals surface area contributed by atoms with E-state index in [1.54, 1.807) is 0 Å². The van der Waals surface area contributed by atoms with Gasteiger partial charge in [-0.25, -0.2) is 0 Å². The SMILES string of the molecule is CCCc1nnc(SCC(=O)O)n1CC1(CC)CCCC1. The second-order valence-electron chi connectivity index (χ2n) is 5.98. The molecule has 5 nitrogen and oxygen atoms in total. The van der Waals surface area contributed by atoms with Crippen LogP contribution >= 0.6 is 11.8 Å². The quantitative estimate of drug-likeness (QED) is 0.745. The van der Waals surface area contributed by atoms with Gasteiger partial charge in [-0.2, -0.15) is 0 Å². The van der Waals surface area contributed by atoms with Crippen LogP contribution < -0.4 is 0 Å². The van der Waals surface area contributed by atoms with Crippen molar-refractivity contribution in [2.24, 2.45) is 5.41 Å². The molecule has 0 bridgehead atoms. The van der Waals surface area contributed by atoms with E-state index in [4.69, 9.17) is 5.11 Å².